The lowest BCUT2D eigenvalue weighted by molar-refractivity contribution is -0.154. The molecule has 0 saturated heterocycles. The third-order valence-corrected chi connectivity index (χ3v) is 4.87. The van der Waals surface area contributed by atoms with Crippen LogP contribution in [0, 0.1) is 11.8 Å². The molecule has 0 aliphatic heterocycles. The van der Waals surface area contributed by atoms with Gasteiger partial charge >= 0.3 is 5.97 Å². The van der Waals surface area contributed by atoms with Gasteiger partial charge in [0.25, 0.3) is 0 Å². The Kier molecular flexibility index (Phi) is 6.82. The molecule has 0 spiro atoms. The molecule has 1 aromatic rings. The van der Waals surface area contributed by atoms with Gasteiger partial charge in [-0.15, -0.1) is 0 Å². The summed E-state index contributed by atoms with van der Waals surface area (Å²) in [5.41, 5.74) is 9.50. The van der Waals surface area contributed by atoms with Gasteiger partial charge in [-0.2, -0.15) is 0 Å². The summed E-state index contributed by atoms with van der Waals surface area (Å²) >= 11 is 3.34. The molecule has 1 fully saturated rings. The van der Waals surface area contributed by atoms with Gasteiger partial charge in [-0.05, 0) is 43.0 Å². The summed E-state index contributed by atoms with van der Waals surface area (Å²) in [5.74, 6) is -1.44. The lowest BCUT2D eigenvalue weighted by Gasteiger charge is -2.30. The fourth-order valence-corrected chi connectivity index (χ4v) is 3.45. The Labute approximate surface area is 149 Å². The summed E-state index contributed by atoms with van der Waals surface area (Å²) in [5, 5.41) is 3.70. The largest absolute Gasteiger partial charge is 0.466 e. The molecule has 0 amide bonds. The van der Waals surface area contributed by atoms with Crippen LogP contribution in [0.4, 0.5) is 0 Å². The summed E-state index contributed by atoms with van der Waals surface area (Å²) < 4.78 is 6.00. The normalized spacial score (nSPS) is 21.4. The van der Waals surface area contributed by atoms with Crippen LogP contribution in [0.5, 0.6) is 0 Å². The van der Waals surface area contributed by atoms with Crippen molar-refractivity contribution in [2.45, 2.75) is 38.6 Å². The second kappa shape index (κ2) is 8.85. The molecular weight excluding hydrogens is 374 g/mol. The number of ether oxygens (including phenoxy) is 1. The van der Waals surface area contributed by atoms with E-state index in [0.29, 0.717) is 25.0 Å². The third kappa shape index (κ3) is 4.36. The molecule has 7 heteroatoms. The smallest absolute Gasteiger partial charge is 0.309 e. The molecular formula is C17H20BrN3O3. The lowest BCUT2D eigenvalue weighted by atomic mass is 9.74. The van der Waals surface area contributed by atoms with Crippen molar-refractivity contribution in [3.05, 3.63) is 44.7 Å². The zero-order chi connectivity index (χ0) is 17.5. The van der Waals surface area contributed by atoms with Crippen molar-refractivity contribution in [3.63, 3.8) is 0 Å². The quantitative estimate of drug-likeness (QED) is 0.302. The molecule has 1 aliphatic rings. The molecule has 0 radical (unpaired) electrons. The number of carbonyl (C=O) groups excluding carboxylic acids is 2. The van der Waals surface area contributed by atoms with Gasteiger partial charge in [0.2, 0.25) is 0 Å². The van der Waals surface area contributed by atoms with Gasteiger partial charge in [0.15, 0.2) is 0 Å². The van der Waals surface area contributed by atoms with E-state index < -0.39 is 17.9 Å². The molecule has 1 aliphatic carbocycles. The first kappa shape index (κ1) is 18.5. The van der Waals surface area contributed by atoms with Gasteiger partial charge < -0.3 is 4.74 Å². The van der Waals surface area contributed by atoms with Crippen LogP contribution < -0.4 is 0 Å². The maximum atomic E-state index is 13.0. The van der Waals surface area contributed by atoms with Crippen LogP contribution >= 0.6 is 15.9 Å². The van der Waals surface area contributed by atoms with Crippen LogP contribution in [-0.4, -0.2) is 18.4 Å². The number of carbonyl (C=O) groups is 2. The van der Waals surface area contributed by atoms with Gasteiger partial charge in [-0.25, -0.2) is 0 Å². The first-order chi connectivity index (χ1) is 11.6. The monoisotopic (exact) mass is 393 g/mol. The molecule has 24 heavy (non-hydrogen) atoms. The number of esters is 1. The van der Waals surface area contributed by atoms with E-state index in [1.165, 1.54) is 0 Å². The molecule has 3 unspecified atom stereocenters. The topological polar surface area (TPSA) is 92.1 Å². The zero-order valence-corrected chi connectivity index (χ0v) is 15.1. The number of Topliss-reactive ketones (excluding diaryl/α,β-unsaturated/α-hetero) is 1. The molecule has 1 saturated carbocycles. The van der Waals surface area contributed by atoms with Gasteiger partial charge in [0.05, 0.1) is 12.5 Å². The van der Waals surface area contributed by atoms with Crippen molar-refractivity contribution < 1.29 is 14.3 Å². The van der Waals surface area contributed by atoms with E-state index in [-0.39, 0.29) is 11.8 Å². The lowest BCUT2D eigenvalue weighted by Crippen LogP contribution is -2.36. The Morgan fingerprint density at radius 3 is 2.50 bits per heavy atom. The Bertz CT molecular complexity index is 641. The Morgan fingerprint density at radius 2 is 1.92 bits per heavy atom. The van der Waals surface area contributed by atoms with Gasteiger partial charge in [-0.1, -0.05) is 46.0 Å². The summed E-state index contributed by atoms with van der Waals surface area (Å²) in [6, 6.07) is 6.19. The maximum Gasteiger partial charge on any atom is 0.309 e. The molecule has 0 N–H and O–H groups in total. The van der Waals surface area contributed by atoms with Crippen molar-refractivity contribution in [3.8, 4) is 0 Å². The number of benzene rings is 1. The molecule has 1 aromatic carbocycles. The third-order valence-electron chi connectivity index (χ3n) is 4.34. The highest BCUT2D eigenvalue weighted by Gasteiger charge is 2.39. The van der Waals surface area contributed by atoms with Gasteiger partial charge in [0, 0.05) is 15.3 Å². The van der Waals surface area contributed by atoms with E-state index in [0.717, 1.165) is 17.3 Å². The van der Waals surface area contributed by atoms with Crippen molar-refractivity contribution in [2.75, 3.05) is 6.61 Å². The van der Waals surface area contributed by atoms with E-state index in [1.54, 1.807) is 31.2 Å². The second-order valence-corrected chi connectivity index (χ2v) is 6.73. The van der Waals surface area contributed by atoms with E-state index in [4.69, 9.17) is 10.3 Å². The fourth-order valence-electron chi connectivity index (χ4n) is 3.19. The van der Waals surface area contributed by atoms with Crippen molar-refractivity contribution >= 4 is 27.7 Å². The average molecular weight is 394 g/mol. The first-order valence-corrected chi connectivity index (χ1v) is 8.87. The maximum absolute atomic E-state index is 13.0. The number of halogens is 1. The second-order valence-electron chi connectivity index (χ2n) is 5.81. The van der Waals surface area contributed by atoms with E-state index in [9.17, 15) is 9.59 Å². The number of azide groups is 1. The minimum atomic E-state index is -0.914. The Balaban J connectivity index is 2.28. The van der Waals surface area contributed by atoms with Crippen LogP contribution in [0.2, 0.25) is 0 Å². The number of nitrogens with zero attached hydrogens (tertiary/aromatic N) is 3. The van der Waals surface area contributed by atoms with Gasteiger partial charge in [0.1, 0.15) is 11.8 Å². The Hall–Kier alpha value is -1.85. The highest BCUT2D eigenvalue weighted by Crippen LogP contribution is 2.36. The molecule has 0 aromatic heterocycles. The van der Waals surface area contributed by atoms with Crippen molar-refractivity contribution in [1.29, 1.82) is 0 Å². The summed E-state index contributed by atoms with van der Waals surface area (Å²) in [4.78, 5) is 28.0. The van der Waals surface area contributed by atoms with E-state index in [1.807, 2.05) is 0 Å². The molecule has 128 valence electrons. The molecule has 6 nitrogen and oxygen atoms in total. The highest BCUT2D eigenvalue weighted by molar-refractivity contribution is 9.10. The first-order valence-electron chi connectivity index (χ1n) is 8.08. The summed E-state index contributed by atoms with van der Waals surface area (Å²) in [7, 11) is 0. The minimum Gasteiger partial charge on any atom is -0.466 e. The van der Waals surface area contributed by atoms with Crippen LogP contribution in [0.3, 0.4) is 0 Å². The summed E-state index contributed by atoms with van der Waals surface area (Å²) in [6.45, 7) is 2.05. The predicted molar refractivity (Wildman–Crippen MR) is 93.1 cm³/mol. The predicted octanol–water partition coefficient (Wildman–Crippen LogP) is 4.74. The SMILES string of the molecule is CCOC(=O)C1CCCCC1C(=O)C(N=[N+]=[N-])c1ccc(Br)cc1. The number of rotatable bonds is 6. The van der Waals surface area contributed by atoms with E-state index in [2.05, 4.69) is 26.0 Å². The standard InChI is InChI=1S/C17H20BrN3O3/c1-2-24-17(23)14-6-4-3-5-13(14)16(22)15(20-21-19)11-7-9-12(18)10-8-11/h7-10,13-15H,2-6H2,1H3. The molecule has 2 rings (SSSR count). The average Bonchev–Trinajstić information content (AvgIpc) is 2.60. The zero-order valence-electron chi connectivity index (χ0n) is 13.5. The summed E-state index contributed by atoms with van der Waals surface area (Å²) in [6.07, 6.45) is 3.04. The number of ketones is 1. The highest BCUT2D eigenvalue weighted by atomic mass is 79.9. The van der Waals surface area contributed by atoms with Gasteiger partial charge in [-0.3, -0.25) is 9.59 Å². The minimum absolute atomic E-state index is 0.201. The molecule has 0 bridgehead atoms. The fraction of sp³-hybridized carbons (Fsp3) is 0.529. The van der Waals surface area contributed by atoms with Crippen LogP contribution in [-0.2, 0) is 14.3 Å². The molecule has 0 heterocycles. The van der Waals surface area contributed by atoms with Crippen molar-refractivity contribution in [2.24, 2.45) is 17.0 Å². The van der Waals surface area contributed by atoms with Crippen molar-refractivity contribution in [1.82, 2.24) is 0 Å². The number of hydrogen-bond donors (Lipinski definition) is 0. The molecule has 3 atom stereocenters. The van der Waals surface area contributed by atoms with Crippen LogP contribution in [0.1, 0.15) is 44.2 Å². The number of hydrogen-bond acceptors (Lipinski definition) is 4. The van der Waals surface area contributed by atoms with Crippen LogP contribution in [0.15, 0.2) is 33.9 Å². The van der Waals surface area contributed by atoms with E-state index >= 15 is 0 Å². The Morgan fingerprint density at radius 1 is 1.29 bits per heavy atom. The van der Waals surface area contributed by atoms with Crippen LogP contribution in [0.25, 0.3) is 10.4 Å².